The fourth-order valence-electron chi connectivity index (χ4n) is 5.60. The number of alkyl halides is 2. The van der Waals surface area contributed by atoms with Gasteiger partial charge in [-0.25, -0.2) is 22.2 Å². The molecule has 3 saturated carbocycles. The maximum absolute atomic E-state index is 16.1. The Morgan fingerprint density at radius 3 is 2.50 bits per heavy atom. The lowest BCUT2D eigenvalue weighted by atomic mass is 9.30. The highest BCUT2D eigenvalue weighted by atomic mass is 19.3. The number of pyridine rings is 1. The second-order valence-corrected chi connectivity index (χ2v) is 9.35. The molecule has 1 unspecified atom stereocenters. The Morgan fingerprint density at radius 2 is 1.91 bits per heavy atom. The van der Waals surface area contributed by atoms with Gasteiger partial charge in [-0.15, -0.1) is 5.10 Å². The third kappa shape index (κ3) is 3.12. The first kappa shape index (κ1) is 22.4. The van der Waals surface area contributed by atoms with Crippen molar-refractivity contribution in [1.82, 2.24) is 25.2 Å². The summed E-state index contributed by atoms with van der Waals surface area (Å²) in [7, 11) is 0. The predicted molar refractivity (Wildman–Crippen MR) is 109 cm³/mol. The molecule has 0 radical (unpaired) electrons. The zero-order chi connectivity index (χ0) is 24.2. The van der Waals surface area contributed by atoms with Gasteiger partial charge in [-0.05, 0) is 58.9 Å². The Kier molecular flexibility index (Phi) is 4.98. The van der Waals surface area contributed by atoms with Crippen molar-refractivity contribution >= 4 is 0 Å². The van der Waals surface area contributed by atoms with Gasteiger partial charge in [0.2, 0.25) is 0 Å². The number of nitriles is 1. The smallest absolute Gasteiger partial charge is 0.287 e. The molecule has 0 saturated heterocycles. The molecular weight excluding hydrogens is 452 g/mol. The average molecular weight is 472 g/mol. The number of hydrogen-bond acceptors (Lipinski definition) is 6. The highest BCUT2D eigenvalue weighted by molar-refractivity contribution is 5.42. The lowest BCUT2D eigenvalue weighted by Crippen LogP contribution is -2.76. The van der Waals surface area contributed by atoms with Gasteiger partial charge in [0.15, 0.2) is 5.60 Å². The van der Waals surface area contributed by atoms with Gasteiger partial charge < -0.3 is 5.11 Å². The maximum atomic E-state index is 16.1. The van der Waals surface area contributed by atoms with Crippen molar-refractivity contribution < 1.29 is 22.7 Å². The van der Waals surface area contributed by atoms with Crippen LogP contribution in [0.3, 0.4) is 0 Å². The van der Waals surface area contributed by atoms with Gasteiger partial charge >= 0.3 is 0 Å². The molecule has 3 aromatic rings. The Balaban J connectivity index is 1.44. The zero-order valence-corrected chi connectivity index (χ0v) is 17.9. The third-order valence-electron chi connectivity index (χ3n) is 7.30. The van der Waals surface area contributed by atoms with Crippen molar-refractivity contribution in [3.63, 3.8) is 0 Å². The first-order chi connectivity index (χ1) is 16.1. The summed E-state index contributed by atoms with van der Waals surface area (Å²) in [5.41, 5.74) is -4.19. The topological polar surface area (TPSA) is 101 Å². The fourth-order valence-corrected chi connectivity index (χ4v) is 5.60. The van der Waals surface area contributed by atoms with E-state index in [4.69, 9.17) is 5.26 Å². The lowest BCUT2D eigenvalue weighted by molar-refractivity contribution is -0.347. The van der Waals surface area contributed by atoms with Gasteiger partial charge in [0.25, 0.3) is 5.92 Å². The van der Waals surface area contributed by atoms with Crippen molar-refractivity contribution in [2.45, 2.75) is 55.6 Å². The second kappa shape index (κ2) is 7.56. The van der Waals surface area contributed by atoms with Crippen LogP contribution in [0.25, 0.3) is 0 Å². The normalized spacial score (nSPS) is 25.1. The summed E-state index contributed by atoms with van der Waals surface area (Å²) in [4.78, 5) is 4.34. The number of tetrazole rings is 1. The summed E-state index contributed by atoms with van der Waals surface area (Å²) in [5.74, 6) is -5.98. The van der Waals surface area contributed by atoms with Crippen molar-refractivity contribution in [2.24, 2.45) is 5.41 Å². The predicted octanol–water partition coefficient (Wildman–Crippen LogP) is 3.45. The number of rotatable bonds is 8. The Labute approximate surface area is 192 Å². The van der Waals surface area contributed by atoms with Crippen LogP contribution in [0, 0.1) is 28.4 Å². The second-order valence-electron chi connectivity index (χ2n) is 9.35. The molecule has 7 nitrogen and oxygen atoms in total. The molecule has 3 fully saturated rings. The number of aliphatic hydroxyl groups is 1. The van der Waals surface area contributed by atoms with Crippen molar-refractivity contribution in [3.8, 4) is 6.07 Å². The van der Waals surface area contributed by atoms with E-state index >= 15 is 8.78 Å². The molecule has 0 aliphatic heterocycles. The van der Waals surface area contributed by atoms with Gasteiger partial charge in [-0.2, -0.15) is 5.26 Å². The maximum Gasteiger partial charge on any atom is 0.287 e. The van der Waals surface area contributed by atoms with Crippen molar-refractivity contribution in [3.05, 3.63) is 71.3 Å². The molecular formula is C23H20F4N6O. The Hall–Kier alpha value is -3.39. The van der Waals surface area contributed by atoms with E-state index in [0.717, 1.165) is 34.4 Å². The number of hydrogen-bond donors (Lipinski definition) is 1. The summed E-state index contributed by atoms with van der Waals surface area (Å²) in [6, 6.07) is 7.84. The van der Waals surface area contributed by atoms with E-state index in [1.165, 1.54) is 0 Å². The molecule has 2 bridgehead atoms. The third-order valence-corrected chi connectivity index (χ3v) is 7.30. The largest absolute Gasteiger partial charge is 0.377 e. The molecule has 11 heteroatoms. The van der Waals surface area contributed by atoms with E-state index in [1.807, 2.05) is 6.07 Å². The number of benzene rings is 1. The van der Waals surface area contributed by atoms with E-state index in [9.17, 15) is 13.9 Å². The molecule has 176 valence electrons. The first-order valence-corrected chi connectivity index (χ1v) is 10.7. The summed E-state index contributed by atoms with van der Waals surface area (Å²) in [6.45, 7) is -0.806. The molecule has 0 amide bonds. The standard InChI is InChI=1S/C23H20F4N6O/c24-16-4-6-18(19(25)8-16)22(34,13-33-14-30-31-32-33)23(26,27)21-10-20(11-21,12-21)15-3-5-17(29-9-15)2-1-7-28/h3-6,8-9,14,34H,1-2,10-13H2. The van der Waals surface area contributed by atoms with E-state index in [0.29, 0.717) is 18.9 Å². The average Bonchev–Trinajstić information content (AvgIpc) is 3.23. The molecule has 1 N–H and O–H groups in total. The van der Waals surface area contributed by atoms with Crippen LogP contribution in [0.1, 0.15) is 42.5 Å². The first-order valence-electron chi connectivity index (χ1n) is 10.7. The van der Waals surface area contributed by atoms with Gasteiger partial charge in [-0.3, -0.25) is 4.98 Å². The lowest BCUT2D eigenvalue weighted by Gasteiger charge is -2.74. The Morgan fingerprint density at radius 1 is 1.15 bits per heavy atom. The van der Waals surface area contributed by atoms with Crippen LogP contribution in [-0.4, -0.2) is 36.2 Å². The van der Waals surface area contributed by atoms with E-state index in [-0.39, 0.29) is 19.3 Å². The molecule has 34 heavy (non-hydrogen) atoms. The van der Waals surface area contributed by atoms with Crippen LogP contribution in [-0.2, 0) is 24.0 Å². The number of nitrogens with zero attached hydrogens (tertiary/aromatic N) is 6. The van der Waals surface area contributed by atoms with Gasteiger partial charge in [0.1, 0.15) is 18.0 Å². The van der Waals surface area contributed by atoms with Crippen LogP contribution in [0.5, 0.6) is 0 Å². The van der Waals surface area contributed by atoms with E-state index < -0.39 is 46.1 Å². The molecule has 2 heterocycles. The number of aryl methyl sites for hydroxylation is 1. The molecule has 3 aliphatic carbocycles. The molecule has 3 aliphatic rings. The molecule has 0 spiro atoms. The summed E-state index contributed by atoms with van der Waals surface area (Å²) < 4.78 is 61.4. The minimum Gasteiger partial charge on any atom is -0.377 e. The molecule has 6 rings (SSSR count). The van der Waals surface area contributed by atoms with Crippen LogP contribution in [0.15, 0.2) is 42.9 Å². The summed E-state index contributed by atoms with van der Waals surface area (Å²) in [6.07, 6.45) is 3.82. The number of aromatic nitrogens is 5. The van der Waals surface area contributed by atoms with Crippen LogP contribution in [0.4, 0.5) is 17.6 Å². The minimum absolute atomic E-state index is 0.0902. The zero-order valence-electron chi connectivity index (χ0n) is 17.9. The minimum atomic E-state index is -3.77. The summed E-state index contributed by atoms with van der Waals surface area (Å²) >= 11 is 0. The van der Waals surface area contributed by atoms with E-state index in [2.05, 4.69) is 26.6 Å². The monoisotopic (exact) mass is 472 g/mol. The van der Waals surface area contributed by atoms with Crippen LogP contribution >= 0.6 is 0 Å². The van der Waals surface area contributed by atoms with Gasteiger partial charge in [0, 0.05) is 41.8 Å². The Bertz CT molecular complexity index is 1240. The highest BCUT2D eigenvalue weighted by Crippen LogP contribution is 2.80. The fraction of sp³-hybridized carbons (Fsp3) is 0.435. The van der Waals surface area contributed by atoms with Gasteiger partial charge in [0.05, 0.1) is 12.6 Å². The quantitative estimate of drug-likeness (QED) is 0.504. The molecule has 2 aromatic heterocycles. The van der Waals surface area contributed by atoms with Crippen LogP contribution in [0.2, 0.25) is 0 Å². The van der Waals surface area contributed by atoms with Crippen molar-refractivity contribution in [2.75, 3.05) is 0 Å². The number of halogens is 4. The van der Waals surface area contributed by atoms with Crippen LogP contribution < -0.4 is 0 Å². The summed E-state index contributed by atoms with van der Waals surface area (Å²) in [5, 5.41) is 30.4. The molecule has 1 atom stereocenters. The van der Waals surface area contributed by atoms with Gasteiger partial charge in [-0.1, -0.05) is 6.07 Å². The van der Waals surface area contributed by atoms with E-state index in [1.54, 1.807) is 12.3 Å². The van der Waals surface area contributed by atoms with Crippen molar-refractivity contribution in [1.29, 1.82) is 5.26 Å². The SMILES string of the molecule is N#CCCc1ccc(C23CC(C(F)(F)C(O)(Cn4cnnn4)c4ccc(F)cc4F)(C2)C3)cn1. The highest BCUT2D eigenvalue weighted by Gasteiger charge is 2.82. The molecule has 1 aromatic carbocycles.